The molecule has 0 aliphatic rings. The van der Waals surface area contributed by atoms with E-state index in [2.05, 4.69) is 22.5 Å². The molecule has 1 unspecified atom stereocenters. The topological polar surface area (TPSA) is 63.2 Å². The maximum atomic E-state index is 11.7. The van der Waals surface area contributed by atoms with Gasteiger partial charge in [0.15, 0.2) is 0 Å². The summed E-state index contributed by atoms with van der Waals surface area (Å²) >= 11 is 1.62. The molecule has 0 fully saturated rings. The Morgan fingerprint density at radius 1 is 1.23 bits per heavy atom. The molecule has 0 spiro atoms. The molecule has 1 heterocycles. The van der Waals surface area contributed by atoms with Crippen molar-refractivity contribution in [1.82, 2.24) is 4.98 Å². The third-order valence-corrected chi connectivity index (χ3v) is 3.75. The summed E-state index contributed by atoms with van der Waals surface area (Å²) in [5.74, 6) is 0. The highest BCUT2D eigenvalue weighted by atomic mass is 32.1. The number of hydrogen-bond acceptors (Lipinski definition) is 5. The number of carbonyl (C=O) groups is 1. The van der Waals surface area contributed by atoms with Gasteiger partial charge in [0.25, 0.3) is 0 Å². The number of amides is 1. The van der Waals surface area contributed by atoms with Crippen LogP contribution in [0.2, 0.25) is 0 Å². The zero-order valence-corrected chi connectivity index (χ0v) is 14.0. The van der Waals surface area contributed by atoms with Crippen molar-refractivity contribution in [3.8, 4) is 0 Å². The first-order valence-corrected chi connectivity index (χ1v) is 7.96. The molecule has 0 bridgehead atoms. The van der Waals surface area contributed by atoms with Gasteiger partial charge in [-0.1, -0.05) is 0 Å². The number of carbonyl (C=O) groups excluding carboxylic acids is 1. The van der Waals surface area contributed by atoms with Crippen molar-refractivity contribution < 1.29 is 9.53 Å². The molecule has 1 aromatic carbocycles. The molecule has 0 radical (unpaired) electrons. The summed E-state index contributed by atoms with van der Waals surface area (Å²) in [5, 5.41) is 6.10. The molecule has 1 amide bonds. The second-order valence-corrected chi connectivity index (χ2v) is 6.89. The molecule has 0 saturated carbocycles. The predicted octanol–water partition coefficient (Wildman–Crippen LogP) is 4.66. The van der Waals surface area contributed by atoms with Crippen LogP contribution in [-0.4, -0.2) is 16.7 Å². The molecule has 0 saturated heterocycles. The van der Waals surface area contributed by atoms with Gasteiger partial charge in [-0.25, -0.2) is 4.79 Å². The summed E-state index contributed by atoms with van der Waals surface area (Å²) < 4.78 is 5.21. The molecule has 2 rings (SSSR count). The van der Waals surface area contributed by atoms with Crippen molar-refractivity contribution in [1.29, 1.82) is 0 Å². The third kappa shape index (κ3) is 5.04. The molecular formula is C16H21N3O2S. The zero-order valence-electron chi connectivity index (χ0n) is 13.2. The van der Waals surface area contributed by atoms with Crippen LogP contribution in [0, 0.1) is 0 Å². The number of thiazole rings is 1. The van der Waals surface area contributed by atoms with E-state index >= 15 is 0 Å². The van der Waals surface area contributed by atoms with E-state index in [1.807, 2.05) is 56.7 Å². The van der Waals surface area contributed by atoms with E-state index in [1.54, 1.807) is 11.3 Å². The number of rotatable bonds is 4. The van der Waals surface area contributed by atoms with Gasteiger partial charge in [0.1, 0.15) is 5.60 Å². The fourth-order valence-corrected chi connectivity index (χ4v) is 2.46. The number of benzene rings is 1. The minimum atomic E-state index is -0.504. The van der Waals surface area contributed by atoms with E-state index < -0.39 is 11.7 Å². The average Bonchev–Trinajstić information content (AvgIpc) is 2.92. The van der Waals surface area contributed by atoms with Crippen molar-refractivity contribution in [3.63, 3.8) is 0 Å². The van der Waals surface area contributed by atoms with Gasteiger partial charge in [0.2, 0.25) is 0 Å². The minimum absolute atomic E-state index is 0.192. The summed E-state index contributed by atoms with van der Waals surface area (Å²) in [6.07, 6.45) is 1.41. The van der Waals surface area contributed by atoms with Crippen LogP contribution in [0.3, 0.4) is 0 Å². The highest BCUT2D eigenvalue weighted by Gasteiger charge is 2.16. The fourth-order valence-electron chi connectivity index (χ4n) is 1.83. The van der Waals surface area contributed by atoms with Gasteiger partial charge in [-0.3, -0.25) is 10.3 Å². The van der Waals surface area contributed by atoms with Gasteiger partial charge in [-0.05, 0) is 52.0 Å². The second-order valence-electron chi connectivity index (χ2n) is 5.97. The maximum absolute atomic E-state index is 11.7. The van der Waals surface area contributed by atoms with Crippen molar-refractivity contribution in [2.75, 3.05) is 10.6 Å². The number of hydrogen-bond donors (Lipinski definition) is 2. The Kier molecular flexibility index (Phi) is 5.03. The SMILES string of the molecule is CC(Nc1ccc(NC(=O)OC(C)(C)C)cc1)c1cncs1. The fraction of sp³-hybridized carbons (Fsp3) is 0.375. The van der Waals surface area contributed by atoms with E-state index in [9.17, 15) is 4.79 Å². The van der Waals surface area contributed by atoms with Gasteiger partial charge in [-0.15, -0.1) is 11.3 Å². The third-order valence-electron chi connectivity index (χ3n) is 2.79. The number of aromatic nitrogens is 1. The first kappa shape index (κ1) is 16.3. The summed E-state index contributed by atoms with van der Waals surface area (Å²) in [5.41, 5.74) is 3.00. The van der Waals surface area contributed by atoms with Gasteiger partial charge in [-0.2, -0.15) is 0 Å². The van der Waals surface area contributed by atoms with E-state index in [1.165, 1.54) is 4.88 Å². The lowest BCUT2D eigenvalue weighted by molar-refractivity contribution is 0.0636. The highest BCUT2D eigenvalue weighted by molar-refractivity contribution is 7.09. The standard InChI is InChI=1S/C16H21N3O2S/c1-11(14-9-17-10-22-14)18-12-5-7-13(8-6-12)19-15(20)21-16(2,3)4/h5-11,18H,1-4H3,(H,19,20). The van der Waals surface area contributed by atoms with E-state index in [0.29, 0.717) is 5.69 Å². The summed E-state index contributed by atoms with van der Waals surface area (Å²) in [4.78, 5) is 16.9. The lowest BCUT2D eigenvalue weighted by atomic mass is 10.2. The molecule has 22 heavy (non-hydrogen) atoms. The Balaban J connectivity index is 1.91. The smallest absolute Gasteiger partial charge is 0.412 e. The van der Waals surface area contributed by atoms with Gasteiger partial charge in [0.05, 0.1) is 11.6 Å². The lowest BCUT2D eigenvalue weighted by Gasteiger charge is -2.20. The van der Waals surface area contributed by atoms with Crippen LogP contribution in [-0.2, 0) is 4.74 Å². The lowest BCUT2D eigenvalue weighted by Crippen LogP contribution is -2.27. The Morgan fingerprint density at radius 2 is 1.86 bits per heavy atom. The molecule has 6 heteroatoms. The van der Waals surface area contributed by atoms with Crippen LogP contribution in [0.5, 0.6) is 0 Å². The molecule has 0 aliphatic heterocycles. The Hall–Kier alpha value is -2.08. The van der Waals surface area contributed by atoms with Crippen molar-refractivity contribution in [2.45, 2.75) is 39.3 Å². The molecule has 2 N–H and O–H groups in total. The van der Waals surface area contributed by atoms with Crippen LogP contribution >= 0.6 is 11.3 Å². The summed E-state index contributed by atoms with van der Waals surface area (Å²) in [6, 6.07) is 7.71. The van der Waals surface area contributed by atoms with Crippen LogP contribution in [0.4, 0.5) is 16.2 Å². The monoisotopic (exact) mass is 319 g/mol. The summed E-state index contributed by atoms with van der Waals surface area (Å²) in [7, 11) is 0. The van der Waals surface area contributed by atoms with Crippen LogP contribution in [0.25, 0.3) is 0 Å². The minimum Gasteiger partial charge on any atom is -0.444 e. The first-order valence-electron chi connectivity index (χ1n) is 7.08. The predicted molar refractivity (Wildman–Crippen MR) is 90.5 cm³/mol. The zero-order chi connectivity index (χ0) is 16.2. The number of ether oxygens (including phenoxy) is 1. The second kappa shape index (κ2) is 6.79. The highest BCUT2D eigenvalue weighted by Crippen LogP contribution is 2.23. The Labute approximate surface area is 134 Å². The number of nitrogens with zero attached hydrogens (tertiary/aromatic N) is 1. The molecule has 118 valence electrons. The quantitative estimate of drug-likeness (QED) is 0.860. The van der Waals surface area contributed by atoms with E-state index in [0.717, 1.165) is 5.69 Å². The van der Waals surface area contributed by atoms with Gasteiger partial charge >= 0.3 is 6.09 Å². The Bertz CT molecular complexity index is 603. The van der Waals surface area contributed by atoms with Crippen LogP contribution < -0.4 is 10.6 Å². The first-order chi connectivity index (χ1) is 10.3. The normalized spacial score (nSPS) is 12.5. The van der Waals surface area contributed by atoms with Crippen molar-refractivity contribution in [3.05, 3.63) is 40.8 Å². The molecule has 1 aromatic heterocycles. The molecule has 0 aliphatic carbocycles. The average molecular weight is 319 g/mol. The van der Waals surface area contributed by atoms with E-state index in [-0.39, 0.29) is 6.04 Å². The molecule has 2 aromatic rings. The maximum Gasteiger partial charge on any atom is 0.412 e. The molecule has 1 atom stereocenters. The van der Waals surface area contributed by atoms with Gasteiger partial charge in [0, 0.05) is 22.4 Å². The number of nitrogens with one attached hydrogen (secondary N) is 2. The van der Waals surface area contributed by atoms with Crippen molar-refractivity contribution >= 4 is 28.8 Å². The molecular weight excluding hydrogens is 298 g/mol. The van der Waals surface area contributed by atoms with E-state index in [4.69, 9.17) is 4.74 Å². The van der Waals surface area contributed by atoms with Gasteiger partial charge < -0.3 is 10.1 Å². The number of anilines is 2. The van der Waals surface area contributed by atoms with Crippen LogP contribution in [0.15, 0.2) is 36.0 Å². The summed E-state index contributed by atoms with van der Waals surface area (Å²) in [6.45, 7) is 7.58. The van der Waals surface area contributed by atoms with Crippen molar-refractivity contribution in [2.24, 2.45) is 0 Å². The largest absolute Gasteiger partial charge is 0.444 e. The van der Waals surface area contributed by atoms with Crippen LogP contribution in [0.1, 0.15) is 38.6 Å². The molecule has 5 nitrogen and oxygen atoms in total. The Morgan fingerprint density at radius 3 is 2.41 bits per heavy atom.